The van der Waals surface area contributed by atoms with E-state index < -0.39 is 11.7 Å². The Morgan fingerprint density at radius 1 is 0.967 bits per heavy atom. The van der Waals surface area contributed by atoms with Gasteiger partial charge < -0.3 is 13.9 Å². The summed E-state index contributed by atoms with van der Waals surface area (Å²) in [4.78, 5) is 23.4. The Morgan fingerprint density at radius 3 is 2.43 bits per heavy atom. The van der Waals surface area contributed by atoms with Crippen molar-refractivity contribution in [3.63, 3.8) is 0 Å². The second-order valence-corrected chi connectivity index (χ2v) is 7.25. The first-order chi connectivity index (χ1) is 14.5. The van der Waals surface area contributed by atoms with Crippen molar-refractivity contribution in [3.05, 3.63) is 86.6 Å². The van der Waals surface area contributed by atoms with Gasteiger partial charge in [0.15, 0.2) is 11.5 Å². The van der Waals surface area contributed by atoms with Crippen LogP contribution in [0.25, 0.3) is 21.7 Å². The summed E-state index contributed by atoms with van der Waals surface area (Å²) in [5, 5.41) is 4.86. The van der Waals surface area contributed by atoms with E-state index in [4.69, 9.17) is 13.9 Å². The normalized spacial score (nSPS) is 12.1. The third-order valence-corrected chi connectivity index (χ3v) is 5.18. The Labute approximate surface area is 173 Å². The molecular weight excluding hydrogens is 382 g/mol. The lowest BCUT2D eigenvalue weighted by Gasteiger charge is -2.13. The van der Waals surface area contributed by atoms with E-state index in [9.17, 15) is 9.70 Å². The Hall–Kier alpha value is -3.67. The Balaban J connectivity index is 1.78. The molecule has 0 N–H and O–H groups in total. The summed E-state index contributed by atoms with van der Waals surface area (Å²) in [5.41, 5.74) is 2.79. The minimum atomic E-state index is -0.545. The summed E-state index contributed by atoms with van der Waals surface area (Å²) in [6, 6.07) is 16.2. The average Bonchev–Trinajstić information content (AvgIpc) is 2.77. The van der Waals surface area contributed by atoms with Crippen molar-refractivity contribution >= 4 is 21.7 Å². The SMILES string of the molecule is COc1cc2c(cc1OCc1ccc(C)cc1)oc(=O)c1cc(C(C)N=O)ccc12. The van der Waals surface area contributed by atoms with Crippen LogP contribution >= 0.6 is 0 Å². The van der Waals surface area contributed by atoms with Crippen LogP contribution in [0.5, 0.6) is 11.5 Å². The maximum absolute atomic E-state index is 12.6. The highest BCUT2D eigenvalue weighted by Crippen LogP contribution is 2.36. The highest BCUT2D eigenvalue weighted by atomic mass is 16.5. The van der Waals surface area contributed by atoms with Crippen LogP contribution in [0, 0.1) is 11.8 Å². The molecule has 3 aromatic carbocycles. The number of benzene rings is 3. The molecule has 4 aromatic rings. The van der Waals surface area contributed by atoms with Gasteiger partial charge in [0.25, 0.3) is 0 Å². The number of fused-ring (bicyclic) bond motifs is 3. The number of ether oxygens (including phenoxy) is 2. The summed E-state index contributed by atoms with van der Waals surface area (Å²) in [7, 11) is 1.57. The van der Waals surface area contributed by atoms with Crippen molar-refractivity contribution in [1.29, 1.82) is 0 Å². The largest absolute Gasteiger partial charge is 0.493 e. The second-order valence-electron chi connectivity index (χ2n) is 7.25. The van der Waals surface area contributed by atoms with E-state index in [0.29, 0.717) is 40.0 Å². The van der Waals surface area contributed by atoms with E-state index in [1.54, 1.807) is 44.4 Å². The zero-order valence-corrected chi connectivity index (χ0v) is 17.0. The molecule has 6 nitrogen and oxygen atoms in total. The molecule has 0 radical (unpaired) electrons. The van der Waals surface area contributed by atoms with Crippen LogP contribution in [0.3, 0.4) is 0 Å². The summed E-state index contributed by atoms with van der Waals surface area (Å²) in [6.45, 7) is 4.07. The number of nitrogens with zero attached hydrogens (tertiary/aromatic N) is 1. The first-order valence-corrected chi connectivity index (χ1v) is 9.59. The van der Waals surface area contributed by atoms with Gasteiger partial charge in [0.2, 0.25) is 0 Å². The first-order valence-electron chi connectivity index (χ1n) is 9.59. The highest BCUT2D eigenvalue weighted by molar-refractivity contribution is 6.05. The minimum Gasteiger partial charge on any atom is -0.493 e. The number of hydrogen-bond acceptors (Lipinski definition) is 6. The number of aryl methyl sites for hydroxylation is 1. The molecule has 0 aliphatic heterocycles. The van der Waals surface area contributed by atoms with E-state index in [-0.39, 0.29) is 0 Å². The van der Waals surface area contributed by atoms with Gasteiger partial charge >= 0.3 is 5.63 Å². The monoisotopic (exact) mass is 403 g/mol. The molecule has 0 amide bonds. The fourth-order valence-electron chi connectivity index (χ4n) is 3.40. The molecule has 1 heterocycles. The lowest BCUT2D eigenvalue weighted by molar-refractivity contribution is 0.284. The molecule has 4 rings (SSSR count). The second kappa shape index (κ2) is 7.99. The van der Waals surface area contributed by atoms with Crippen molar-refractivity contribution in [1.82, 2.24) is 0 Å². The molecular formula is C24H21NO5. The fraction of sp³-hybridized carbons (Fsp3) is 0.208. The molecule has 0 saturated heterocycles. The molecule has 152 valence electrons. The topological polar surface area (TPSA) is 78.1 Å². The van der Waals surface area contributed by atoms with Gasteiger partial charge in [-0.1, -0.05) is 47.1 Å². The summed E-state index contributed by atoms with van der Waals surface area (Å²) >= 11 is 0. The molecule has 30 heavy (non-hydrogen) atoms. The van der Waals surface area contributed by atoms with E-state index in [1.165, 1.54) is 5.56 Å². The van der Waals surface area contributed by atoms with Crippen molar-refractivity contribution < 1.29 is 13.9 Å². The zero-order valence-electron chi connectivity index (χ0n) is 17.0. The van der Waals surface area contributed by atoms with Crippen LogP contribution < -0.4 is 15.1 Å². The van der Waals surface area contributed by atoms with E-state index in [2.05, 4.69) is 5.18 Å². The van der Waals surface area contributed by atoms with Gasteiger partial charge in [0.1, 0.15) is 18.2 Å². The summed E-state index contributed by atoms with van der Waals surface area (Å²) < 4.78 is 17.0. The van der Waals surface area contributed by atoms with Crippen LogP contribution in [-0.4, -0.2) is 7.11 Å². The van der Waals surface area contributed by atoms with Crippen LogP contribution in [0.1, 0.15) is 29.7 Å². The predicted octanol–water partition coefficient (Wildman–Crippen LogP) is 5.67. The van der Waals surface area contributed by atoms with E-state index in [1.807, 2.05) is 31.2 Å². The molecule has 0 saturated carbocycles. The zero-order chi connectivity index (χ0) is 21.3. The van der Waals surface area contributed by atoms with Crippen LogP contribution in [0.15, 0.2) is 69.0 Å². The Morgan fingerprint density at radius 2 is 1.73 bits per heavy atom. The van der Waals surface area contributed by atoms with Gasteiger partial charge in [0, 0.05) is 16.8 Å². The summed E-state index contributed by atoms with van der Waals surface area (Å²) in [6.07, 6.45) is 0. The van der Waals surface area contributed by atoms with Crippen LogP contribution in [-0.2, 0) is 6.61 Å². The van der Waals surface area contributed by atoms with Gasteiger partial charge in [0.05, 0.1) is 12.5 Å². The first kappa shape index (κ1) is 19.6. The lowest BCUT2D eigenvalue weighted by Crippen LogP contribution is -2.03. The number of methoxy groups -OCH3 is 1. The quantitative estimate of drug-likeness (QED) is 0.235. The highest BCUT2D eigenvalue weighted by Gasteiger charge is 2.15. The standard InChI is InChI=1S/C24H21NO5/c1-14-4-6-16(7-5-14)13-29-23-12-21-19(11-22(23)28-3)18-9-8-17(15(2)25-27)10-20(18)24(26)30-21/h4-12,15H,13H2,1-3H3. The van der Waals surface area contributed by atoms with Gasteiger partial charge in [-0.25, -0.2) is 4.79 Å². The van der Waals surface area contributed by atoms with Gasteiger partial charge in [-0.15, -0.1) is 0 Å². The molecule has 1 atom stereocenters. The van der Waals surface area contributed by atoms with Crippen LogP contribution in [0.2, 0.25) is 0 Å². The number of hydrogen-bond donors (Lipinski definition) is 0. The maximum atomic E-state index is 12.6. The average molecular weight is 403 g/mol. The molecule has 1 unspecified atom stereocenters. The third kappa shape index (κ3) is 3.64. The number of nitroso groups, excluding NO2 is 1. The molecule has 0 aliphatic carbocycles. The number of rotatable bonds is 6. The predicted molar refractivity (Wildman–Crippen MR) is 116 cm³/mol. The molecule has 0 aliphatic rings. The van der Waals surface area contributed by atoms with Crippen molar-refractivity contribution in [2.75, 3.05) is 7.11 Å². The molecule has 0 fully saturated rings. The Bertz CT molecular complexity index is 1290. The molecule has 6 heteroatoms. The molecule has 0 spiro atoms. The van der Waals surface area contributed by atoms with Crippen molar-refractivity contribution in [2.45, 2.75) is 26.5 Å². The van der Waals surface area contributed by atoms with Crippen LogP contribution in [0.4, 0.5) is 0 Å². The smallest absolute Gasteiger partial charge is 0.344 e. The van der Waals surface area contributed by atoms with Crippen molar-refractivity contribution in [3.8, 4) is 11.5 Å². The van der Waals surface area contributed by atoms with Gasteiger partial charge in [-0.2, -0.15) is 4.91 Å². The third-order valence-electron chi connectivity index (χ3n) is 5.18. The molecule has 1 aromatic heterocycles. The Kier molecular flexibility index (Phi) is 5.23. The minimum absolute atomic E-state index is 0.361. The molecule has 0 bridgehead atoms. The van der Waals surface area contributed by atoms with E-state index >= 15 is 0 Å². The maximum Gasteiger partial charge on any atom is 0.344 e. The van der Waals surface area contributed by atoms with Gasteiger partial charge in [-0.05, 0) is 37.1 Å². The van der Waals surface area contributed by atoms with E-state index in [0.717, 1.165) is 10.9 Å². The van der Waals surface area contributed by atoms with Crippen molar-refractivity contribution in [2.24, 2.45) is 5.18 Å². The summed E-state index contributed by atoms with van der Waals surface area (Å²) in [5.74, 6) is 1.03. The lowest BCUT2D eigenvalue weighted by atomic mass is 10.0. The fourth-order valence-corrected chi connectivity index (χ4v) is 3.40. The van der Waals surface area contributed by atoms with Gasteiger partial charge in [-0.3, -0.25) is 0 Å².